The topological polar surface area (TPSA) is 91.3 Å². The summed E-state index contributed by atoms with van der Waals surface area (Å²) >= 11 is 1.17. The molecule has 0 fully saturated rings. The molecule has 2 rings (SSSR count). The molecule has 0 aliphatic rings. The molecule has 0 radical (unpaired) electrons. The molecule has 0 bridgehead atoms. The Bertz CT molecular complexity index is 627. The summed E-state index contributed by atoms with van der Waals surface area (Å²) in [5.41, 5.74) is 1.02. The number of rotatable bonds is 5. The highest BCUT2D eigenvalue weighted by molar-refractivity contribution is 7.14. The van der Waals surface area contributed by atoms with E-state index < -0.39 is 11.9 Å². The number of carbonyl (C=O) groups excluding carboxylic acids is 2. The Morgan fingerprint density at radius 1 is 1.33 bits per heavy atom. The van der Waals surface area contributed by atoms with Crippen LogP contribution in [0.5, 0.6) is 0 Å². The highest BCUT2D eigenvalue weighted by Gasteiger charge is 2.17. The van der Waals surface area contributed by atoms with Crippen molar-refractivity contribution >= 4 is 28.3 Å². The molecule has 0 spiro atoms. The van der Waals surface area contributed by atoms with Gasteiger partial charge in [-0.05, 0) is 5.56 Å². The van der Waals surface area contributed by atoms with E-state index >= 15 is 0 Å². The molecule has 1 heterocycles. The minimum absolute atomic E-state index is 0.207. The van der Waals surface area contributed by atoms with Gasteiger partial charge in [-0.1, -0.05) is 30.3 Å². The predicted octanol–water partition coefficient (Wildman–Crippen LogP) is 1.56. The molecule has 2 aromatic rings. The van der Waals surface area contributed by atoms with Crippen molar-refractivity contribution in [2.45, 2.75) is 13.0 Å². The molecule has 0 saturated heterocycles. The van der Waals surface area contributed by atoms with Crippen molar-refractivity contribution in [1.82, 2.24) is 10.3 Å². The van der Waals surface area contributed by atoms with Crippen molar-refractivity contribution in [3.63, 3.8) is 0 Å². The molecule has 1 aromatic heterocycles. The minimum atomic E-state index is -0.496. The maximum absolute atomic E-state index is 12.1. The molecule has 110 valence electrons. The Kier molecular flexibility index (Phi) is 5.02. The maximum Gasteiger partial charge on any atom is 0.271 e. The summed E-state index contributed by atoms with van der Waals surface area (Å²) in [5, 5.41) is 16.6. The van der Waals surface area contributed by atoms with Crippen LogP contribution in [-0.2, 0) is 4.79 Å². The Morgan fingerprint density at radius 3 is 2.67 bits per heavy atom. The normalized spacial score (nSPS) is 11.7. The van der Waals surface area contributed by atoms with Crippen LogP contribution in [0.1, 0.15) is 29.0 Å². The number of nitrogens with one attached hydrogen (secondary N) is 2. The fourth-order valence-electron chi connectivity index (χ4n) is 1.74. The molecule has 1 atom stereocenters. The molecular weight excluding hydrogens is 290 g/mol. The van der Waals surface area contributed by atoms with Gasteiger partial charge in [0.15, 0.2) is 5.13 Å². The number of hydrogen-bond donors (Lipinski definition) is 3. The van der Waals surface area contributed by atoms with E-state index in [4.69, 9.17) is 0 Å². The SMILES string of the molecule is CC(=O)Nc1nc(C(=O)NC(CO)c2ccccc2)cs1. The summed E-state index contributed by atoms with van der Waals surface area (Å²) in [7, 11) is 0. The van der Waals surface area contributed by atoms with Gasteiger partial charge in [0, 0.05) is 12.3 Å². The molecular formula is C14H15N3O3S. The fourth-order valence-corrected chi connectivity index (χ4v) is 2.47. The van der Waals surface area contributed by atoms with E-state index in [-0.39, 0.29) is 18.2 Å². The van der Waals surface area contributed by atoms with Gasteiger partial charge >= 0.3 is 0 Å². The first-order chi connectivity index (χ1) is 10.1. The summed E-state index contributed by atoms with van der Waals surface area (Å²) < 4.78 is 0. The van der Waals surface area contributed by atoms with Crippen molar-refractivity contribution in [3.8, 4) is 0 Å². The van der Waals surface area contributed by atoms with Crippen LogP contribution in [-0.4, -0.2) is 28.5 Å². The van der Waals surface area contributed by atoms with Crippen LogP contribution in [0.2, 0.25) is 0 Å². The molecule has 3 N–H and O–H groups in total. The van der Waals surface area contributed by atoms with Crippen LogP contribution in [0.25, 0.3) is 0 Å². The maximum atomic E-state index is 12.1. The monoisotopic (exact) mass is 305 g/mol. The zero-order valence-corrected chi connectivity index (χ0v) is 12.2. The van der Waals surface area contributed by atoms with Gasteiger partial charge in [-0.25, -0.2) is 4.98 Å². The Balaban J connectivity index is 2.06. The van der Waals surface area contributed by atoms with Gasteiger partial charge in [0.25, 0.3) is 5.91 Å². The number of carbonyl (C=O) groups is 2. The summed E-state index contributed by atoms with van der Waals surface area (Å²) in [6, 6.07) is 8.68. The largest absolute Gasteiger partial charge is 0.394 e. The average Bonchev–Trinajstić information content (AvgIpc) is 2.93. The molecule has 7 heteroatoms. The van der Waals surface area contributed by atoms with Gasteiger partial charge in [0.05, 0.1) is 12.6 Å². The van der Waals surface area contributed by atoms with Crippen LogP contribution in [0, 0.1) is 0 Å². The highest BCUT2D eigenvalue weighted by atomic mass is 32.1. The van der Waals surface area contributed by atoms with Gasteiger partial charge in [-0.15, -0.1) is 11.3 Å². The smallest absolute Gasteiger partial charge is 0.271 e. The number of benzene rings is 1. The second kappa shape index (κ2) is 6.96. The number of nitrogens with zero attached hydrogens (tertiary/aromatic N) is 1. The van der Waals surface area contributed by atoms with Crippen LogP contribution in [0.15, 0.2) is 35.7 Å². The van der Waals surface area contributed by atoms with Crippen LogP contribution >= 0.6 is 11.3 Å². The summed E-state index contributed by atoms with van der Waals surface area (Å²) in [6.45, 7) is 1.16. The van der Waals surface area contributed by atoms with E-state index in [0.29, 0.717) is 5.13 Å². The van der Waals surface area contributed by atoms with Gasteiger partial charge in [-0.2, -0.15) is 0 Å². The van der Waals surface area contributed by atoms with Gasteiger partial charge in [0.1, 0.15) is 5.69 Å². The van der Waals surface area contributed by atoms with Crippen molar-refractivity contribution in [3.05, 3.63) is 47.0 Å². The zero-order chi connectivity index (χ0) is 15.2. The Hall–Kier alpha value is -2.25. The first-order valence-corrected chi connectivity index (χ1v) is 7.18. The van der Waals surface area contributed by atoms with E-state index in [2.05, 4.69) is 15.6 Å². The minimum Gasteiger partial charge on any atom is -0.394 e. The van der Waals surface area contributed by atoms with E-state index in [9.17, 15) is 14.7 Å². The third-order valence-electron chi connectivity index (χ3n) is 2.71. The van der Waals surface area contributed by atoms with Crippen molar-refractivity contribution in [2.24, 2.45) is 0 Å². The number of aromatic nitrogens is 1. The number of anilines is 1. The molecule has 0 aliphatic carbocycles. The number of hydrogen-bond acceptors (Lipinski definition) is 5. The molecule has 0 aliphatic heterocycles. The Morgan fingerprint density at radius 2 is 2.05 bits per heavy atom. The van der Waals surface area contributed by atoms with Crippen LogP contribution < -0.4 is 10.6 Å². The summed E-state index contributed by atoms with van der Waals surface area (Å²) in [6.07, 6.45) is 0. The number of amides is 2. The number of thiazole rings is 1. The number of aliphatic hydroxyl groups excluding tert-OH is 1. The molecule has 0 saturated carbocycles. The fraction of sp³-hybridized carbons (Fsp3) is 0.214. The second-order valence-corrected chi connectivity index (χ2v) is 5.20. The summed E-state index contributed by atoms with van der Waals surface area (Å²) in [5.74, 6) is -0.639. The van der Waals surface area contributed by atoms with Crippen LogP contribution in [0.4, 0.5) is 5.13 Å². The second-order valence-electron chi connectivity index (χ2n) is 4.34. The first kappa shape index (κ1) is 15.1. The Labute approximate surface area is 125 Å². The lowest BCUT2D eigenvalue weighted by atomic mass is 10.1. The van der Waals surface area contributed by atoms with E-state index in [1.807, 2.05) is 30.3 Å². The van der Waals surface area contributed by atoms with E-state index in [0.717, 1.165) is 5.56 Å². The van der Waals surface area contributed by atoms with E-state index in [1.54, 1.807) is 5.38 Å². The van der Waals surface area contributed by atoms with Crippen LogP contribution in [0.3, 0.4) is 0 Å². The molecule has 1 aromatic carbocycles. The highest BCUT2D eigenvalue weighted by Crippen LogP contribution is 2.17. The standard InChI is InChI=1S/C14H15N3O3S/c1-9(19)15-14-17-12(8-21-14)13(20)16-11(7-18)10-5-3-2-4-6-10/h2-6,8,11,18H,7H2,1H3,(H,16,20)(H,15,17,19). The van der Waals surface area contributed by atoms with Gasteiger partial charge in [0.2, 0.25) is 5.91 Å². The first-order valence-electron chi connectivity index (χ1n) is 6.30. The third-order valence-corrected chi connectivity index (χ3v) is 3.47. The van der Waals surface area contributed by atoms with Crippen molar-refractivity contribution in [1.29, 1.82) is 0 Å². The quantitative estimate of drug-likeness (QED) is 0.782. The molecule has 6 nitrogen and oxygen atoms in total. The third kappa shape index (κ3) is 4.11. The zero-order valence-electron chi connectivity index (χ0n) is 11.4. The summed E-state index contributed by atoms with van der Waals surface area (Å²) in [4.78, 5) is 27.0. The van der Waals surface area contributed by atoms with Gasteiger partial charge < -0.3 is 15.7 Å². The predicted molar refractivity (Wildman–Crippen MR) is 80.2 cm³/mol. The molecule has 2 amide bonds. The van der Waals surface area contributed by atoms with Crippen molar-refractivity contribution < 1.29 is 14.7 Å². The molecule has 1 unspecified atom stereocenters. The van der Waals surface area contributed by atoms with Crippen molar-refractivity contribution in [2.75, 3.05) is 11.9 Å². The average molecular weight is 305 g/mol. The number of aliphatic hydroxyl groups is 1. The lowest BCUT2D eigenvalue weighted by molar-refractivity contribution is -0.114. The molecule has 21 heavy (non-hydrogen) atoms. The van der Waals surface area contributed by atoms with E-state index in [1.165, 1.54) is 18.3 Å². The lowest BCUT2D eigenvalue weighted by Crippen LogP contribution is -2.31. The lowest BCUT2D eigenvalue weighted by Gasteiger charge is -2.15. The van der Waals surface area contributed by atoms with Gasteiger partial charge in [-0.3, -0.25) is 9.59 Å².